The summed E-state index contributed by atoms with van der Waals surface area (Å²) in [7, 11) is 0. The van der Waals surface area contributed by atoms with E-state index in [1.807, 2.05) is 0 Å². The first-order valence-electron chi connectivity index (χ1n) is 4.73. The molecule has 0 aliphatic carbocycles. The Kier molecular flexibility index (Phi) is 3.26. The SMILES string of the molecule is CC(=O)Nc1nnc(-c2cc(N)ccc2Cl)s1. The lowest BCUT2D eigenvalue weighted by Crippen LogP contribution is -2.04. The molecule has 1 amide bonds. The molecule has 2 aromatic rings. The molecular formula is C10H9ClN4OS. The molecule has 0 bridgehead atoms. The number of carbonyl (C=O) groups excluding carboxylic acids is 1. The minimum Gasteiger partial charge on any atom is -0.399 e. The second-order valence-electron chi connectivity index (χ2n) is 3.33. The number of nitrogen functional groups attached to an aromatic ring is 1. The van der Waals surface area contributed by atoms with E-state index in [2.05, 4.69) is 15.5 Å². The van der Waals surface area contributed by atoms with E-state index in [1.165, 1.54) is 18.3 Å². The second kappa shape index (κ2) is 4.68. The van der Waals surface area contributed by atoms with Crippen LogP contribution < -0.4 is 11.1 Å². The Morgan fingerprint density at radius 2 is 2.24 bits per heavy atom. The van der Waals surface area contributed by atoms with Gasteiger partial charge < -0.3 is 11.1 Å². The molecule has 0 radical (unpaired) electrons. The number of hydrogen-bond acceptors (Lipinski definition) is 5. The molecule has 0 unspecified atom stereocenters. The van der Waals surface area contributed by atoms with Gasteiger partial charge in [-0.3, -0.25) is 4.79 Å². The van der Waals surface area contributed by atoms with Gasteiger partial charge in [0.1, 0.15) is 0 Å². The average Bonchev–Trinajstić information content (AvgIpc) is 2.69. The fraction of sp³-hybridized carbons (Fsp3) is 0.100. The highest BCUT2D eigenvalue weighted by atomic mass is 35.5. The zero-order valence-electron chi connectivity index (χ0n) is 8.90. The van der Waals surface area contributed by atoms with Crippen LogP contribution in [0, 0.1) is 0 Å². The van der Waals surface area contributed by atoms with Crippen LogP contribution in [-0.2, 0) is 4.79 Å². The zero-order chi connectivity index (χ0) is 12.4. The van der Waals surface area contributed by atoms with Gasteiger partial charge in [0.25, 0.3) is 0 Å². The summed E-state index contributed by atoms with van der Waals surface area (Å²) in [5.74, 6) is -0.189. The molecule has 0 atom stereocenters. The molecule has 0 spiro atoms. The van der Waals surface area contributed by atoms with E-state index >= 15 is 0 Å². The number of nitrogens with zero attached hydrogens (tertiary/aromatic N) is 2. The van der Waals surface area contributed by atoms with Gasteiger partial charge in [0.05, 0.1) is 5.02 Å². The van der Waals surface area contributed by atoms with Crippen molar-refractivity contribution in [2.24, 2.45) is 0 Å². The molecule has 0 saturated carbocycles. The fourth-order valence-electron chi connectivity index (χ4n) is 1.24. The largest absolute Gasteiger partial charge is 0.399 e. The van der Waals surface area contributed by atoms with Crippen LogP contribution in [0.3, 0.4) is 0 Å². The van der Waals surface area contributed by atoms with Gasteiger partial charge in [0.2, 0.25) is 11.0 Å². The van der Waals surface area contributed by atoms with Crippen LogP contribution in [0.5, 0.6) is 0 Å². The van der Waals surface area contributed by atoms with Gasteiger partial charge in [-0.05, 0) is 18.2 Å². The van der Waals surface area contributed by atoms with Crippen molar-refractivity contribution in [1.29, 1.82) is 0 Å². The molecule has 1 aromatic heterocycles. The predicted molar refractivity (Wildman–Crippen MR) is 69.1 cm³/mol. The van der Waals surface area contributed by atoms with Gasteiger partial charge in [0, 0.05) is 18.2 Å². The molecule has 7 heteroatoms. The summed E-state index contributed by atoms with van der Waals surface area (Å²) in [5.41, 5.74) is 6.99. The Morgan fingerprint density at radius 1 is 1.47 bits per heavy atom. The lowest BCUT2D eigenvalue weighted by atomic mass is 10.2. The molecule has 2 rings (SSSR count). The van der Waals surface area contributed by atoms with Crippen molar-refractivity contribution in [3.05, 3.63) is 23.2 Å². The minimum atomic E-state index is -0.189. The fourth-order valence-corrected chi connectivity index (χ4v) is 2.32. The van der Waals surface area contributed by atoms with Crippen LogP contribution in [-0.4, -0.2) is 16.1 Å². The zero-order valence-corrected chi connectivity index (χ0v) is 10.5. The van der Waals surface area contributed by atoms with Crippen LogP contribution in [0.25, 0.3) is 10.6 Å². The van der Waals surface area contributed by atoms with Crippen molar-refractivity contribution in [3.8, 4) is 10.6 Å². The summed E-state index contributed by atoms with van der Waals surface area (Å²) < 4.78 is 0. The number of aromatic nitrogens is 2. The minimum absolute atomic E-state index is 0.189. The first-order chi connectivity index (χ1) is 8.06. The molecule has 88 valence electrons. The third kappa shape index (κ3) is 2.72. The van der Waals surface area contributed by atoms with E-state index in [1.54, 1.807) is 18.2 Å². The number of nitrogens with one attached hydrogen (secondary N) is 1. The molecule has 17 heavy (non-hydrogen) atoms. The Balaban J connectivity index is 2.36. The summed E-state index contributed by atoms with van der Waals surface area (Å²) in [5, 5.41) is 12.0. The van der Waals surface area contributed by atoms with Gasteiger partial charge in [-0.1, -0.05) is 22.9 Å². The van der Waals surface area contributed by atoms with Crippen molar-refractivity contribution in [3.63, 3.8) is 0 Å². The van der Waals surface area contributed by atoms with Gasteiger partial charge >= 0.3 is 0 Å². The Labute approximate surface area is 107 Å². The average molecular weight is 269 g/mol. The van der Waals surface area contributed by atoms with Gasteiger partial charge in [-0.25, -0.2) is 0 Å². The quantitative estimate of drug-likeness (QED) is 0.820. The van der Waals surface area contributed by atoms with E-state index in [9.17, 15) is 4.79 Å². The van der Waals surface area contributed by atoms with Crippen LogP contribution in [0.1, 0.15) is 6.92 Å². The van der Waals surface area contributed by atoms with Crippen molar-refractivity contribution in [2.75, 3.05) is 11.1 Å². The predicted octanol–water partition coefficient (Wildman–Crippen LogP) is 2.40. The molecule has 0 aliphatic rings. The van der Waals surface area contributed by atoms with Gasteiger partial charge in [-0.2, -0.15) is 0 Å². The molecular weight excluding hydrogens is 260 g/mol. The van der Waals surface area contributed by atoms with E-state index in [0.717, 1.165) is 0 Å². The highest BCUT2D eigenvalue weighted by Crippen LogP contribution is 2.33. The first-order valence-corrected chi connectivity index (χ1v) is 5.92. The van der Waals surface area contributed by atoms with Crippen LogP contribution in [0.2, 0.25) is 5.02 Å². The van der Waals surface area contributed by atoms with Crippen LogP contribution in [0.4, 0.5) is 10.8 Å². The molecule has 1 aromatic carbocycles. The number of carbonyl (C=O) groups is 1. The lowest BCUT2D eigenvalue weighted by molar-refractivity contribution is -0.114. The number of hydrogen-bond donors (Lipinski definition) is 2. The number of benzene rings is 1. The van der Waals surface area contributed by atoms with Gasteiger partial charge in [-0.15, -0.1) is 10.2 Å². The smallest absolute Gasteiger partial charge is 0.223 e. The summed E-state index contributed by atoms with van der Waals surface area (Å²) in [6, 6.07) is 5.13. The van der Waals surface area contributed by atoms with Crippen molar-refractivity contribution < 1.29 is 4.79 Å². The Bertz CT molecular complexity index is 569. The number of nitrogens with two attached hydrogens (primary N) is 1. The number of amides is 1. The van der Waals surface area contributed by atoms with Crippen molar-refractivity contribution >= 4 is 39.7 Å². The summed E-state index contributed by atoms with van der Waals surface area (Å²) >= 11 is 7.28. The maximum atomic E-state index is 10.9. The van der Waals surface area contributed by atoms with E-state index < -0.39 is 0 Å². The monoisotopic (exact) mass is 268 g/mol. The van der Waals surface area contributed by atoms with Crippen LogP contribution >= 0.6 is 22.9 Å². The third-order valence-electron chi connectivity index (χ3n) is 1.93. The Hall–Kier alpha value is -1.66. The normalized spacial score (nSPS) is 10.2. The van der Waals surface area contributed by atoms with E-state index in [4.69, 9.17) is 17.3 Å². The van der Waals surface area contributed by atoms with Crippen molar-refractivity contribution in [1.82, 2.24) is 10.2 Å². The topological polar surface area (TPSA) is 80.9 Å². The standard InChI is InChI=1S/C10H9ClN4OS/c1-5(16)13-10-15-14-9(17-10)7-4-6(12)2-3-8(7)11/h2-4H,12H2,1H3,(H,13,15,16). The summed E-state index contributed by atoms with van der Waals surface area (Å²) in [6.45, 7) is 1.41. The lowest BCUT2D eigenvalue weighted by Gasteiger charge is -2.00. The highest BCUT2D eigenvalue weighted by Gasteiger charge is 2.11. The molecule has 0 saturated heterocycles. The second-order valence-corrected chi connectivity index (χ2v) is 4.72. The molecule has 1 heterocycles. The highest BCUT2D eigenvalue weighted by molar-refractivity contribution is 7.18. The first kappa shape index (κ1) is 11.8. The molecule has 0 fully saturated rings. The Morgan fingerprint density at radius 3 is 2.94 bits per heavy atom. The summed E-state index contributed by atoms with van der Waals surface area (Å²) in [6.07, 6.45) is 0. The van der Waals surface area contributed by atoms with E-state index in [-0.39, 0.29) is 5.91 Å². The molecule has 0 aliphatic heterocycles. The maximum absolute atomic E-state index is 10.9. The number of halogens is 1. The van der Waals surface area contributed by atoms with Crippen LogP contribution in [0.15, 0.2) is 18.2 Å². The number of rotatable bonds is 2. The number of anilines is 2. The van der Waals surface area contributed by atoms with E-state index in [0.29, 0.717) is 26.4 Å². The molecule has 5 nitrogen and oxygen atoms in total. The maximum Gasteiger partial charge on any atom is 0.223 e. The third-order valence-corrected chi connectivity index (χ3v) is 3.13. The summed E-state index contributed by atoms with van der Waals surface area (Å²) in [4.78, 5) is 10.9. The van der Waals surface area contributed by atoms with Gasteiger partial charge in [0.15, 0.2) is 5.01 Å². The van der Waals surface area contributed by atoms with Crippen molar-refractivity contribution in [2.45, 2.75) is 6.92 Å². The molecule has 3 N–H and O–H groups in total.